The van der Waals surface area contributed by atoms with Crippen LogP contribution in [-0.4, -0.2) is 24.8 Å². The number of nitrogens with one attached hydrogen (secondary N) is 1. The van der Waals surface area contributed by atoms with E-state index >= 15 is 0 Å². The summed E-state index contributed by atoms with van der Waals surface area (Å²) in [6.45, 7) is 10.0. The van der Waals surface area contributed by atoms with Crippen molar-refractivity contribution in [3.63, 3.8) is 0 Å². The number of hydrogen-bond acceptors (Lipinski definition) is 2. The molecule has 1 rings (SSSR count). The van der Waals surface area contributed by atoms with Crippen LogP contribution in [0.15, 0.2) is 18.2 Å². The Morgan fingerprint density at radius 2 is 2.05 bits per heavy atom. The van der Waals surface area contributed by atoms with Gasteiger partial charge in [-0.05, 0) is 57.4 Å². The lowest BCUT2D eigenvalue weighted by atomic mass is 9.88. The van der Waals surface area contributed by atoms with E-state index in [0.717, 1.165) is 31.4 Å². The highest BCUT2D eigenvalue weighted by Gasteiger charge is 2.32. The zero-order chi connectivity index (χ0) is 15.9. The highest BCUT2D eigenvalue weighted by atomic mass is 35.5. The molecular formula is C17H27ClFNO. The second-order valence-electron chi connectivity index (χ2n) is 5.56. The maximum atomic E-state index is 13.3. The third-order valence-corrected chi connectivity index (χ3v) is 4.27. The van der Waals surface area contributed by atoms with E-state index in [4.69, 9.17) is 16.3 Å². The van der Waals surface area contributed by atoms with Crippen LogP contribution in [0.4, 0.5) is 4.39 Å². The van der Waals surface area contributed by atoms with Crippen LogP contribution in [-0.2, 0) is 11.2 Å². The summed E-state index contributed by atoms with van der Waals surface area (Å²) in [7, 11) is 0. The van der Waals surface area contributed by atoms with Crippen molar-refractivity contribution in [1.82, 2.24) is 5.32 Å². The average molecular weight is 316 g/mol. The molecule has 2 atom stereocenters. The maximum absolute atomic E-state index is 13.3. The van der Waals surface area contributed by atoms with Gasteiger partial charge in [0.25, 0.3) is 0 Å². The Morgan fingerprint density at radius 3 is 2.57 bits per heavy atom. The lowest BCUT2D eigenvalue weighted by Crippen LogP contribution is -2.51. The summed E-state index contributed by atoms with van der Waals surface area (Å²) in [4.78, 5) is 0. The summed E-state index contributed by atoms with van der Waals surface area (Å²) >= 11 is 5.88. The van der Waals surface area contributed by atoms with Crippen molar-refractivity contribution in [3.05, 3.63) is 34.6 Å². The number of ether oxygens (including phenoxy) is 1. The molecule has 0 radical (unpaired) electrons. The molecule has 0 aliphatic carbocycles. The van der Waals surface area contributed by atoms with Gasteiger partial charge in [-0.1, -0.05) is 31.5 Å². The summed E-state index contributed by atoms with van der Waals surface area (Å²) in [5.41, 5.74) is 0.777. The van der Waals surface area contributed by atoms with Crippen LogP contribution in [0.1, 0.15) is 46.1 Å². The quantitative estimate of drug-likeness (QED) is 0.719. The predicted molar refractivity (Wildman–Crippen MR) is 87.5 cm³/mol. The lowest BCUT2D eigenvalue weighted by Gasteiger charge is -2.37. The van der Waals surface area contributed by atoms with Gasteiger partial charge in [0.2, 0.25) is 0 Å². The molecule has 0 spiro atoms. The van der Waals surface area contributed by atoms with E-state index in [9.17, 15) is 4.39 Å². The van der Waals surface area contributed by atoms with Gasteiger partial charge >= 0.3 is 0 Å². The first-order valence-electron chi connectivity index (χ1n) is 7.78. The molecule has 0 bridgehead atoms. The Morgan fingerprint density at radius 1 is 1.33 bits per heavy atom. The van der Waals surface area contributed by atoms with Crippen molar-refractivity contribution in [2.45, 2.75) is 58.6 Å². The van der Waals surface area contributed by atoms with E-state index in [1.807, 2.05) is 6.92 Å². The molecule has 0 heterocycles. The second-order valence-corrected chi connectivity index (χ2v) is 5.97. The van der Waals surface area contributed by atoms with Gasteiger partial charge in [0.1, 0.15) is 5.82 Å². The van der Waals surface area contributed by atoms with Gasteiger partial charge < -0.3 is 10.1 Å². The molecule has 2 nitrogen and oxygen atoms in total. The number of hydrogen-bond donors (Lipinski definition) is 1. The van der Waals surface area contributed by atoms with Crippen molar-refractivity contribution in [1.29, 1.82) is 0 Å². The Hall–Kier alpha value is -0.640. The SMILES string of the molecule is CCCNC(Cc1ccc(F)c(Cl)c1)C(C)(CC)OCC. The van der Waals surface area contributed by atoms with Crippen molar-refractivity contribution in [3.8, 4) is 0 Å². The van der Waals surface area contributed by atoms with E-state index in [0.29, 0.717) is 6.61 Å². The van der Waals surface area contributed by atoms with Crippen molar-refractivity contribution in [2.75, 3.05) is 13.2 Å². The fraction of sp³-hybridized carbons (Fsp3) is 0.647. The van der Waals surface area contributed by atoms with Crippen LogP contribution in [0.3, 0.4) is 0 Å². The van der Waals surface area contributed by atoms with E-state index in [1.54, 1.807) is 12.1 Å². The molecule has 0 aliphatic heterocycles. The summed E-state index contributed by atoms with van der Waals surface area (Å²) in [6, 6.07) is 5.10. The van der Waals surface area contributed by atoms with E-state index in [-0.39, 0.29) is 22.5 Å². The Balaban J connectivity index is 2.93. The zero-order valence-corrected chi connectivity index (χ0v) is 14.3. The Bertz CT molecular complexity index is 441. The van der Waals surface area contributed by atoms with Gasteiger partial charge in [-0.15, -0.1) is 0 Å². The summed E-state index contributed by atoms with van der Waals surface area (Å²) in [6.07, 6.45) is 2.74. The molecule has 0 aliphatic rings. The molecule has 120 valence electrons. The number of halogens is 2. The lowest BCUT2D eigenvalue weighted by molar-refractivity contribution is -0.0549. The van der Waals surface area contributed by atoms with Crippen molar-refractivity contribution in [2.24, 2.45) is 0 Å². The third-order valence-electron chi connectivity index (χ3n) is 3.98. The largest absolute Gasteiger partial charge is 0.374 e. The molecule has 0 amide bonds. The first-order valence-corrected chi connectivity index (χ1v) is 8.15. The average Bonchev–Trinajstić information content (AvgIpc) is 2.47. The molecule has 21 heavy (non-hydrogen) atoms. The van der Waals surface area contributed by atoms with Crippen molar-refractivity contribution < 1.29 is 9.13 Å². The fourth-order valence-corrected chi connectivity index (χ4v) is 2.71. The molecule has 1 N–H and O–H groups in total. The van der Waals surface area contributed by atoms with Crippen LogP contribution < -0.4 is 5.32 Å². The zero-order valence-electron chi connectivity index (χ0n) is 13.5. The Kier molecular flexibility index (Phi) is 7.64. The number of rotatable bonds is 9. The van der Waals surface area contributed by atoms with Crippen LogP contribution in [0.25, 0.3) is 0 Å². The normalized spacial score (nSPS) is 15.7. The van der Waals surface area contributed by atoms with E-state index in [2.05, 4.69) is 26.1 Å². The molecule has 0 fully saturated rings. The standard InChI is InChI=1S/C17H27ClFNO/c1-5-10-20-16(17(4,6-2)21-7-3)12-13-8-9-15(19)14(18)11-13/h8-9,11,16,20H,5-7,10,12H2,1-4H3. The predicted octanol–water partition coefficient (Wildman–Crippen LogP) is 4.60. The van der Waals surface area contributed by atoms with Crippen LogP contribution in [0.2, 0.25) is 5.02 Å². The van der Waals surface area contributed by atoms with Gasteiger partial charge in [-0.2, -0.15) is 0 Å². The monoisotopic (exact) mass is 315 g/mol. The summed E-state index contributed by atoms with van der Waals surface area (Å²) < 4.78 is 19.3. The summed E-state index contributed by atoms with van der Waals surface area (Å²) in [5, 5.41) is 3.74. The van der Waals surface area contributed by atoms with Crippen molar-refractivity contribution >= 4 is 11.6 Å². The van der Waals surface area contributed by atoms with Gasteiger partial charge in [0.15, 0.2) is 0 Å². The molecule has 0 saturated heterocycles. The molecule has 1 aromatic rings. The van der Waals surface area contributed by atoms with Gasteiger partial charge in [-0.25, -0.2) is 4.39 Å². The van der Waals surface area contributed by atoms with Gasteiger partial charge in [-0.3, -0.25) is 0 Å². The van der Waals surface area contributed by atoms with Crippen LogP contribution in [0.5, 0.6) is 0 Å². The number of benzene rings is 1. The minimum Gasteiger partial charge on any atom is -0.374 e. The van der Waals surface area contributed by atoms with Gasteiger partial charge in [0, 0.05) is 12.6 Å². The van der Waals surface area contributed by atoms with E-state index in [1.165, 1.54) is 6.07 Å². The molecule has 4 heteroatoms. The Labute approximate surface area is 133 Å². The third kappa shape index (κ3) is 5.24. The fourth-order valence-electron chi connectivity index (χ4n) is 2.50. The maximum Gasteiger partial charge on any atom is 0.141 e. The second kappa shape index (κ2) is 8.72. The molecule has 2 unspecified atom stereocenters. The molecular weight excluding hydrogens is 289 g/mol. The first-order chi connectivity index (χ1) is 9.96. The molecule has 0 aromatic heterocycles. The van der Waals surface area contributed by atoms with E-state index < -0.39 is 0 Å². The van der Waals surface area contributed by atoms with Crippen LogP contribution in [0, 0.1) is 5.82 Å². The smallest absolute Gasteiger partial charge is 0.141 e. The highest BCUT2D eigenvalue weighted by molar-refractivity contribution is 6.30. The summed E-state index contributed by atoms with van der Waals surface area (Å²) in [5.74, 6) is -0.374. The molecule has 0 saturated carbocycles. The highest BCUT2D eigenvalue weighted by Crippen LogP contribution is 2.25. The van der Waals surface area contributed by atoms with Crippen LogP contribution >= 0.6 is 11.6 Å². The molecule has 1 aromatic carbocycles. The minimum atomic E-state index is -0.374. The first kappa shape index (κ1) is 18.4. The topological polar surface area (TPSA) is 21.3 Å². The van der Waals surface area contributed by atoms with Gasteiger partial charge in [0.05, 0.1) is 10.6 Å². The minimum absolute atomic E-state index is 0.170.